The molecule has 1 unspecified atom stereocenters. The Kier molecular flexibility index (Phi) is 3.19. The predicted molar refractivity (Wildman–Crippen MR) is 58.4 cm³/mol. The average molecular weight is 207 g/mol. The highest BCUT2D eigenvalue weighted by Crippen LogP contribution is 2.27. The van der Waals surface area contributed by atoms with Gasteiger partial charge in [0.15, 0.2) is 5.78 Å². The van der Waals surface area contributed by atoms with Gasteiger partial charge in [0.25, 0.3) is 0 Å². The summed E-state index contributed by atoms with van der Waals surface area (Å²) in [6.45, 7) is 0. The number of hydrogen-bond donors (Lipinski definition) is 0. The first kappa shape index (κ1) is 9.71. The van der Waals surface area contributed by atoms with E-state index in [4.69, 9.17) is 0 Å². The van der Waals surface area contributed by atoms with Crippen molar-refractivity contribution in [2.24, 2.45) is 0 Å². The van der Waals surface area contributed by atoms with Gasteiger partial charge in [0.1, 0.15) is 0 Å². The number of Topliss-reactive ketones (excluding diaryl/α,β-unsaturated/α-hetero) is 1. The number of carbonyl (C=O) groups is 1. The lowest BCUT2D eigenvalue weighted by Crippen LogP contribution is -2.16. The van der Waals surface area contributed by atoms with Crippen molar-refractivity contribution in [1.82, 2.24) is 4.98 Å². The summed E-state index contributed by atoms with van der Waals surface area (Å²) >= 11 is 1.79. The number of thioether (sulfide) groups is 1. The molecule has 14 heavy (non-hydrogen) atoms. The number of carbonyl (C=O) groups excluding carboxylic acids is 1. The minimum absolute atomic E-state index is 0.233. The summed E-state index contributed by atoms with van der Waals surface area (Å²) in [4.78, 5) is 15.9. The van der Waals surface area contributed by atoms with Gasteiger partial charge in [-0.05, 0) is 30.7 Å². The molecule has 1 atom stereocenters. The second kappa shape index (κ2) is 4.60. The maximum absolute atomic E-state index is 11.8. The van der Waals surface area contributed by atoms with Crippen LogP contribution < -0.4 is 0 Å². The number of nitrogens with zero attached hydrogens (tertiary/aromatic N) is 1. The van der Waals surface area contributed by atoms with Crippen molar-refractivity contribution in [2.45, 2.75) is 24.5 Å². The van der Waals surface area contributed by atoms with E-state index in [0.717, 1.165) is 17.9 Å². The van der Waals surface area contributed by atoms with Crippen LogP contribution in [0.1, 0.15) is 18.5 Å². The van der Waals surface area contributed by atoms with Gasteiger partial charge in [-0.1, -0.05) is 6.07 Å². The zero-order valence-corrected chi connectivity index (χ0v) is 8.80. The monoisotopic (exact) mass is 207 g/mol. The number of aromatic nitrogens is 1. The number of hydrogen-bond acceptors (Lipinski definition) is 3. The maximum atomic E-state index is 11.8. The molecule has 1 saturated heterocycles. The highest BCUT2D eigenvalue weighted by molar-refractivity contribution is 8.00. The van der Waals surface area contributed by atoms with E-state index in [0.29, 0.717) is 12.2 Å². The summed E-state index contributed by atoms with van der Waals surface area (Å²) in [6.07, 6.45) is 4.47. The predicted octanol–water partition coefficient (Wildman–Crippen LogP) is 2.09. The molecule has 1 aliphatic rings. The largest absolute Gasteiger partial charge is 0.298 e. The number of pyridine rings is 1. The molecule has 1 aromatic heterocycles. The van der Waals surface area contributed by atoms with Gasteiger partial charge in [0.05, 0.1) is 5.25 Å². The molecular formula is C11H13NOS. The molecule has 0 aliphatic carbocycles. The van der Waals surface area contributed by atoms with E-state index in [1.165, 1.54) is 6.42 Å². The van der Waals surface area contributed by atoms with Gasteiger partial charge in [-0.3, -0.25) is 9.78 Å². The van der Waals surface area contributed by atoms with Gasteiger partial charge in [-0.25, -0.2) is 0 Å². The third kappa shape index (κ3) is 2.35. The lowest BCUT2D eigenvalue weighted by molar-refractivity contribution is -0.118. The first-order valence-electron chi connectivity index (χ1n) is 4.90. The summed E-state index contributed by atoms with van der Waals surface area (Å²) < 4.78 is 0. The van der Waals surface area contributed by atoms with E-state index in [1.807, 2.05) is 18.2 Å². The van der Waals surface area contributed by atoms with Crippen molar-refractivity contribution >= 4 is 17.5 Å². The van der Waals surface area contributed by atoms with Crippen LogP contribution in [0.3, 0.4) is 0 Å². The van der Waals surface area contributed by atoms with Gasteiger partial charge in [-0.15, -0.1) is 0 Å². The molecule has 1 aromatic rings. The molecule has 2 rings (SSSR count). The Morgan fingerprint density at radius 2 is 2.50 bits per heavy atom. The zero-order chi connectivity index (χ0) is 9.80. The molecule has 0 amide bonds. The molecule has 2 heterocycles. The third-order valence-electron chi connectivity index (χ3n) is 2.37. The van der Waals surface area contributed by atoms with Gasteiger partial charge >= 0.3 is 0 Å². The Morgan fingerprint density at radius 1 is 1.57 bits per heavy atom. The topological polar surface area (TPSA) is 30.0 Å². The summed E-state index contributed by atoms with van der Waals surface area (Å²) in [5.41, 5.74) is 0.894. The Bertz CT molecular complexity index is 306. The van der Waals surface area contributed by atoms with Gasteiger partial charge in [-0.2, -0.15) is 11.8 Å². The molecular weight excluding hydrogens is 194 g/mol. The second-order valence-electron chi connectivity index (χ2n) is 3.47. The van der Waals surface area contributed by atoms with Crippen LogP contribution in [-0.4, -0.2) is 21.8 Å². The van der Waals surface area contributed by atoms with Gasteiger partial charge in [0, 0.05) is 18.3 Å². The van der Waals surface area contributed by atoms with Crippen LogP contribution in [0.4, 0.5) is 0 Å². The summed E-state index contributed by atoms with van der Waals surface area (Å²) in [7, 11) is 0. The fraction of sp³-hybridized carbons (Fsp3) is 0.455. The van der Waals surface area contributed by atoms with Crippen LogP contribution in [0, 0.1) is 0 Å². The molecule has 1 aliphatic heterocycles. The van der Waals surface area contributed by atoms with E-state index in [9.17, 15) is 4.79 Å². The van der Waals surface area contributed by atoms with E-state index in [2.05, 4.69) is 4.98 Å². The summed E-state index contributed by atoms with van der Waals surface area (Å²) in [5, 5.41) is 0.233. The minimum Gasteiger partial charge on any atom is -0.298 e. The third-order valence-corrected chi connectivity index (χ3v) is 3.80. The lowest BCUT2D eigenvalue weighted by Gasteiger charge is -2.05. The Balaban J connectivity index is 1.94. The molecule has 3 heteroatoms. The van der Waals surface area contributed by atoms with Crippen molar-refractivity contribution in [3.05, 3.63) is 30.1 Å². The first-order chi connectivity index (χ1) is 6.86. The fourth-order valence-electron chi connectivity index (χ4n) is 1.63. The average Bonchev–Trinajstić information content (AvgIpc) is 2.72. The van der Waals surface area contributed by atoms with Crippen molar-refractivity contribution in [3.8, 4) is 0 Å². The highest BCUT2D eigenvalue weighted by Gasteiger charge is 2.23. The Hall–Kier alpha value is -0.830. The fourth-order valence-corrected chi connectivity index (χ4v) is 2.85. The van der Waals surface area contributed by atoms with Gasteiger partial charge in [0.2, 0.25) is 0 Å². The minimum atomic E-state index is 0.233. The second-order valence-corrected chi connectivity index (χ2v) is 4.78. The van der Waals surface area contributed by atoms with Crippen molar-refractivity contribution in [2.75, 3.05) is 5.75 Å². The SMILES string of the molecule is O=C(Cc1ccccn1)C1CCCS1. The van der Waals surface area contributed by atoms with E-state index >= 15 is 0 Å². The van der Waals surface area contributed by atoms with Crippen LogP contribution in [0.5, 0.6) is 0 Å². The van der Waals surface area contributed by atoms with Crippen molar-refractivity contribution in [3.63, 3.8) is 0 Å². The maximum Gasteiger partial charge on any atom is 0.151 e. The normalized spacial score (nSPS) is 21.0. The molecule has 2 nitrogen and oxygen atoms in total. The van der Waals surface area contributed by atoms with E-state index in [1.54, 1.807) is 18.0 Å². The van der Waals surface area contributed by atoms with Crippen LogP contribution in [0.25, 0.3) is 0 Å². The zero-order valence-electron chi connectivity index (χ0n) is 7.98. The van der Waals surface area contributed by atoms with Crippen LogP contribution in [-0.2, 0) is 11.2 Å². The molecule has 0 N–H and O–H groups in total. The number of ketones is 1. The lowest BCUT2D eigenvalue weighted by atomic mass is 10.1. The molecule has 0 radical (unpaired) electrons. The Labute approximate surface area is 88.1 Å². The highest BCUT2D eigenvalue weighted by atomic mass is 32.2. The van der Waals surface area contributed by atoms with Crippen molar-refractivity contribution in [1.29, 1.82) is 0 Å². The smallest absolute Gasteiger partial charge is 0.151 e. The summed E-state index contributed by atoms with van der Waals surface area (Å²) in [5.74, 6) is 1.48. The quantitative estimate of drug-likeness (QED) is 0.760. The number of rotatable bonds is 3. The molecule has 0 spiro atoms. The Morgan fingerprint density at radius 3 is 3.14 bits per heavy atom. The molecule has 0 bridgehead atoms. The van der Waals surface area contributed by atoms with Gasteiger partial charge < -0.3 is 0 Å². The van der Waals surface area contributed by atoms with Crippen LogP contribution >= 0.6 is 11.8 Å². The standard InChI is InChI=1S/C11H13NOS/c13-10(11-5-3-7-14-11)8-9-4-1-2-6-12-9/h1-2,4,6,11H,3,5,7-8H2. The van der Waals surface area contributed by atoms with E-state index < -0.39 is 0 Å². The summed E-state index contributed by atoms with van der Waals surface area (Å²) in [6, 6.07) is 5.72. The molecule has 0 aromatic carbocycles. The van der Waals surface area contributed by atoms with E-state index in [-0.39, 0.29) is 5.25 Å². The van der Waals surface area contributed by atoms with Crippen LogP contribution in [0.15, 0.2) is 24.4 Å². The van der Waals surface area contributed by atoms with Crippen LogP contribution in [0.2, 0.25) is 0 Å². The van der Waals surface area contributed by atoms with Crippen molar-refractivity contribution < 1.29 is 4.79 Å². The molecule has 0 saturated carbocycles. The first-order valence-corrected chi connectivity index (χ1v) is 5.95. The molecule has 74 valence electrons. The molecule has 1 fully saturated rings.